The molecule has 4 heteroatoms. The zero-order chi connectivity index (χ0) is 7.52. The van der Waals surface area contributed by atoms with Crippen molar-refractivity contribution in [3.05, 3.63) is 12.3 Å². The maximum absolute atomic E-state index is 5.03. The second-order valence-electron chi connectivity index (χ2n) is 2.82. The maximum atomic E-state index is 5.03. The van der Waals surface area contributed by atoms with E-state index < -0.39 is 0 Å². The number of hydrogen-bond acceptors (Lipinski definition) is 4. The van der Waals surface area contributed by atoms with Crippen molar-refractivity contribution in [2.45, 2.75) is 19.4 Å². The zero-order valence-corrected chi connectivity index (χ0v) is 6.36. The Kier molecular flexibility index (Phi) is 1.85. The number of aromatic nitrogens is 2. The quantitative estimate of drug-likeness (QED) is 0.626. The number of nitrogens with zero attached hydrogens (tertiary/aromatic N) is 3. The van der Waals surface area contributed by atoms with Crippen LogP contribution >= 0.6 is 0 Å². The summed E-state index contributed by atoms with van der Waals surface area (Å²) in [5.74, 6) is 0.729. The van der Waals surface area contributed by atoms with Crippen molar-refractivity contribution in [3.8, 4) is 0 Å². The molecule has 1 aliphatic heterocycles. The molecule has 1 aliphatic rings. The van der Waals surface area contributed by atoms with Gasteiger partial charge in [-0.15, -0.1) is 10.2 Å². The summed E-state index contributed by atoms with van der Waals surface area (Å²) in [5.41, 5.74) is 0. The third kappa shape index (κ3) is 1.57. The minimum absolute atomic E-state index is 0.729. The second kappa shape index (κ2) is 3.00. The molecule has 1 aromatic heterocycles. The van der Waals surface area contributed by atoms with Gasteiger partial charge in [-0.05, 0) is 25.9 Å². The number of rotatable bonds is 2. The first-order valence-corrected chi connectivity index (χ1v) is 3.92. The molecule has 1 saturated heterocycles. The Balaban J connectivity index is 1.90. The largest absolute Gasteiger partial charge is 0.427 e. The first-order valence-electron chi connectivity index (χ1n) is 3.92. The van der Waals surface area contributed by atoms with Crippen molar-refractivity contribution in [3.63, 3.8) is 0 Å². The molecule has 0 bridgehead atoms. The molecular weight excluding hydrogens is 142 g/mol. The van der Waals surface area contributed by atoms with Gasteiger partial charge >= 0.3 is 0 Å². The molecule has 11 heavy (non-hydrogen) atoms. The van der Waals surface area contributed by atoms with Gasteiger partial charge in [-0.1, -0.05) is 0 Å². The van der Waals surface area contributed by atoms with E-state index in [1.807, 2.05) is 0 Å². The molecule has 1 fully saturated rings. The van der Waals surface area contributed by atoms with Crippen LogP contribution in [0.25, 0.3) is 0 Å². The monoisotopic (exact) mass is 153 g/mol. The zero-order valence-electron chi connectivity index (χ0n) is 6.36. The van der Waals surface area contributed by atoms with Crippen LogP contribution in [0.3, 0.4) is 0 Å². The Morgan fingerprint density at radius 2 is 2.27 bits per heavy atom. The number of hydrogen-bond donors (Lipinski definition) is 0. The summed E-state index contributed by atoms with van der Waals surface area (Å²) in [7, 11) is 0. The molecule has 0 spiro atoms. The van der Waals surface area contributed by atoms with Gasteiger partial charge in [-0.25, -0.2) is 0 Å². The fraction of sp³-hybridized carbons (Fsp3) is 0.714. The lowest BCUT2D eigenvalue weighted by molar-refractivity contribution is 0.290. The first kappa shape index (κ1) is 6.79. The van der Waals surface area contributed by atoms with E-state index in [0.717, 1.165) is 12.4 Å². The minimum atomic E-state index is 0.729. The highest BCUT2D eigenvalue weighted by Gasteiger charge is 2.13. The second-order valence-corrected chi connectivity index (χ2v) is 2.82. The molecular formula is C7H11N3O. The molecule has 2 heterocycles. The topological polar surface area (TPSA) is 42.2 Å². The van der Waals surface area contributed by atoms with E-state index >= 15 is 0 Å². The van der Waals surface area contributed by atoms with Crippen LogP contribution < -0.4 is 0 Å². The van der Waals surface area contributed by atoms with Crippen LogP contribution in [-0.2, 0) is 6.54 Å². The molecule has 60 valence electrons. The minimum Gasteiger partial charge on any atom is -0.427 e. The van der Waals surface area contributed by atoms with Crippen LogP contribution in [0.15, 0.2) is 10.8 Å². The van der Waals surface area contributed by atoms with Crippen LogP contribution in [0.2, 0.25) is 0 Å². The van der Waals surface area contributed by atoms with Gasteiger partial charge < -0.3 is 4.42 Å². The van der Waals surface area contributed by atoms with Crippen LogP contribution in [0, 0.1) is 0 Å². The van der Waals surface area contributed by atoms with Crippen LogP contribution in [0.5, 0.6) is 0 Å². The normalized spacial score (nSPS) is 19.3. The van der Waals surface area contributed by atoms with Crippen LogP contribution in [0.1, 0.15) is 18.7 Å². The SMILES string of the molecule is c1nnc(CN2CCCC2)o1. The molecule has 0 aliphatic carbocycles. The van der Waals surface area contributed by atoms with Gasteiger partial charge in [0, 0.05) is 0 Å². The molecule has 0 saturated carbocycles. The molecule has 0 amide bonds. The predicted octanol–water partition coefficient (Wildman–Crippen LogP) is 0.665. The van der Waals surface area contributed by atoms with E-state index in [-0.39, 0.29) is 0 Å². The van der Waals surface area contributed by atoms with E-state index in [1.165, 1.54) is 32.3 Å². The summed E-state index contributed by atoms with van der Waals surface area (Å²) in [6, 6.07) is 0. The molecule has 0 N–H and O–H groups in total. The highest BCUT2D eigenvalue weighted by Crippen LogP contribution is 2.10. The van der Waals surface area contributed by atoms with Gasteiger partial charge in [-0.2, -0.15) is 0 Å². The highest BCUT2D eigenvalue weighted by molar-refractivity contribution is 4.76. The van der Waals surface area contributed by atoms with Crippen molar-refractivity contribution in [1.29, 1.82) is 0 Å². The average Bonchev–Trinajstić information content (AvgIpc) is 2.60. The lowest BCUT2D eigenvalue weighted by atomic mass is 10.4. The van der Waals surface area contributed by atoms with E-state index in [4.69, 9.17) is 4.42 Å². The van der Waals surface area contributed by atoms with E-state index in [9.17, 15) is 0 Å². The van der Waals surface area contributed by atoms with Crippen molar-refractivity contribution < 1.29 is 4.42 Å². The Morgan fingerprint density at radius 1 is 1.45 bits per heavy atom. The Labute approximate surface area is 65.2 Å². The molecule has 0 atom stereocenters. The summed E-state index contributed by atoms with van der Waals surface area (Å²) < 4.78 is 5.03. The van der Waals surface area contributed by atoms with Crippen LogP contribution in [-0.4, -0.2) is 28.2 Å². The molecule has 1 aromatic rings. The Morgan fingerprint density at radius 3 is 2.91 bits per heavy atom. The van der Waals surface area contributed by atoms with E-state index in [2.05, 4.69) is 15.1 Å². The van der Waals surface area contributed by atoms with Gasteiger partial charge in [0.25, 0.3) is 0 Å². The van der Waals surface area contributed by atoms with Crippen molar-refractivity contribution in [2.24, 2.45) is 0 Å². The fourth-order valence-electron chi connectivity index (χ4n) is 1.40. The molecule has 2 rings (SSSR count). The van der Waals surface area contributed by atoms with Crippen molar-refractivity contribution in [1.82, 2.24) is 15.1 Å². The predicted molar refractivity (Wildman–Crippen MR) is 38.8 cm³/mol. The number of likely N-dealkylation sites (tertiary alicyclic amines) is 1. The van der Waals surface area contributed by atoms with Crippen LogP contribution in [0.4, 0.5) is 0 Å². The van der Waals surface area contributed by atoms with Crippen molar-refractivity contribution >= 4 is 0 Å². The van der Waals surface area contributed by atoms with Gasteiger partial charge in [-0.3, -0.25) is 4.90 Å². The fourth-order valence-corrected chi connectivity index (χ4v) is 1.40. The van der Waals surface area contributed by atoms with Gasteiger partial charge in [0.15, 0.2) is 0 Å². The van der Waals surface area contributed by atoms with E-state index in [1.54, 1.807) is 0 Å². The molecule has 0 aromatic carbocycles. The summed E-state index contributed by atoms with van der Waals surface area (Å²) in [6.45, 7) is 3.16. The summed E-state index contributed by atoms with van der Waals surface area (Å²) in [4.78, 5) is 2.33. The van der Waals surface area contributed by atoms with Crippen molar-refractivity contribution in [2.75, 3.05) is 13.1 Å². The summed E-state index contributed by atoms with van der Waals surface area (Å²) >= 11 is 0. The highest BCUT2D eigenvalue weighted by atomic mass is 16.4. The van der Waals surface area contributed by atoms with E-state index in [0.29, 0.717) is 0 Å². The third-order valence-corrected chi connectivity index (χ3v) is 1.96. The summed E-state index contributed by atoms with van der Waals surface area (Å²) in [6.07, 6.45) is 3.98. The van der Waals surface area contributed by atoms with Gasteiger partial charge in [0.05, 0.1) is 6.54 Å². The molecule has 4 nitrogen and oxygen atoms in total. The Hall–Kier alpha value is -0.900. The average molecular weight is 153 g/mol. The first-order chi connectivity index (χ1) is 5.45. The Bertz CT molecular complexity index is 203. The smallest absolute Gasteiger partial charge is 0.230 e. The molecule has 0 radical (unpaired) electrons. The maximum Gasteiger partial charge on any atom is 0.230 e. The lowest BCUT2D eigenvalue weighted by Gasteiger charge is -2.09. The standard InChI is InChI=1S/C7H11N3O/c1-2-4-10(3-1)5-7-9-8-6-11-7/h6H,1-5H2. The molecule has 0 unspecified atom stereocenters. The summed E-state index contributed by atoms with van der Waals surface area (Å²) in [5, 5.41) is 7.44. The van der Waals surface area contributed by atoms with Gasteiger partial charge in [0.2, 0.25) is 12.3 Å². The third-order valence-electron chi connectivity index (χ3n) is 1.96. The lowest BCUT2D eigenvalue weighted by Crippen LogP contribution is -2.18. The van der Waals surface area contributed by atoms with Gasteiger partial charge in [0.1, 0.15) is 0 Å².